The number of carbonyl (C=O) groups is 2. The number of carboxylic acids is 1. The Hall–Kier alpha value is -2.51. The maximum absolute atomic E-state index is 13.3. The molecule has 0 radical (unpaired) electrons. The molecule has 0 aliphatic heterocycles. The Kier molecular flexibility index (Phi) is 5.34. The average Bonchev–Trinajstić information content (AvgIpc) is 2.37. The number of rotatable bonds is 6. The number of amides is 1. The molecular weight excluding hydrogens is 283 g/mol. The molecule has 1 aromatic rings. The van der Waals surface area contributed by atoms with E-state index < -0.39 is 34.3 Å². The van der Waals surface area contributed by atoms with Gasteiger partial charge in [0.1, 0.15) is 11.4 Å². The van der Waals surface area contributed by atoms with Crippen molar-refractivity contribution in [3.8, 4) is 0 Å². The summed E-state index contributed by atoms with van der Waals surface area (Å²) in [4.78, 5) is 34.4. The van der Waals surface area contributed by atoms with Crippen LogP contribution in [0.2, 0.25) is 0 Å². The average molecular weight is 298 g/mol. The monoisotopic (exact) mass is 298 g/mol. The minimum absolute atomic E-state index is 0.154. The lowest BCUT2D eigenvalue weighted by Crippen LogP contribution is -2.40. The quantitative estimate of drug-likeness (QED) is 0.640. The van der Waals surface area contributed by atoms with Crippen molar-refractivity contribution in [3.63, 3.8) is 0 Å². The van der Waals surface area contributed by atoms with Crippen LogP contribution in [0.1, 0.15) is 30.6 Å². The number of carbonyl (C=O) groups excluding carboxylic acids is 1. The maximum atomic E-state index is 13.3. The van der Waals surface area contributed by atoms with E-state index >= 15 is 0 Å². The van der Waals surface area contributed by atoms with Gasteiger partial charge in [-0.05, 0) is 26.0 Å². The predicted octanol–water partition coefficient (Wildman–Crippen LogP) is 2.06. The van der Waals surface area contributed by atoms with Gasteiger partial charge < -0.3 is 10.0 Å². The third-order valence-corrected chi connectivity index (χ3v) is 2.99. The van der Waals surface area contributed by atoms with Gasteiger partial charge in [0, 0.05) is 18.7 Å². The number of nitro benzene ring substituents is 1. The summed E-state index contributed by atoms with van der Waals surface area (Å²) in [5, 5.41) is 19.7. The molecular formula is C13H15FN2O5. The second-order valence-corrected chi connectivity index (χ2v) is 4.46. The summed E-state index contributed by atoms with van der Waals surface area (Å²) in [5.74, 6) is -2.63. The van der Waals surface area contributed by atoms with E-state index in [2.05, 4.69) is 0 Å². The molecule has 0 heterocycles. The second kappa shape index (κ2) is 6.78. The van der Waals surface area contributed by atoms with Gasteiger partial charge >= 0.3 is 5.97 Å². The number of aliphatic carboxylic acids is 1. The molecule has 0 aliphatic carbocycles. The van der Waals surface area contributed by atoms with Gasteiger partial charge in [0.2, 0.25) is 0 Å². The molecule has 1 amide bonds. The molecule has 0 fully saturated rings. The summed E-state index contributed by atoms with van der Waals surface area (Å²) in [6, 6.07) is 1.93. The molecule has 1 N–H and O–H groups in total. The van der Waals surface area contributed by atoms with Gasteiger partial charge in [0.15, 0.2) is 0 Å². The molecule has 0 bridgehead atoms. The minimum Gasteiger partial charge on any atom is -0.481 e. The Morgan fingerprint density at radius 1 is 1.48 bits per heavy atom. The zero-order valence-electron chi connectivity index (χ0n) is 11.6. The van der Waals surface area contributed by atoms with Gasteiger partial charge in [-0.15, -0.1) is 0 Å². The first-order valence-corrected chi connectivity index (χ1v) is 6.24. The number of benzene rings is 1. The van der Waals surface area contributed by atoms with Gasteiger partial charge in [-0.3, -0.25) is 19.7 Å². The Morgan fingerprint density at radius 2 is 2.10 bits per heavy atom. The van der Waals surface area contributed by atoms with Crippen molar-refractivity contribution >= 4 is 17.6 Å². The van der Waals surface area contributed by atoms with E-state index in [1.807, 2.05) is 0 Å². The van der Waals surface area contributed by atoms with Crippen molar-refractivity contribution in [2.24, 2.45) is 0 Å². The third kappa shape index (κ3) is 3.98. The Labute approximate surface area is 120 Å². The van der Waals surface area contributed by atoms with Crippen molar-refractivity contribution in [2.45, 2.75) is 26.3 Å². The number of nitro groups is 1. The number of carboxylic acid groups (broad SMARTS) is 1. The van der Waals surface area contributed by atoms with Gasteiger partial charge in [-0.2, -0.15) is 0 Å². The van der Waals surface area contributed by atoms with E-state index in [-0.39, 0.29) is 18.5 Å². The normalized spacial score (nSPS) is 11.8. The molecule has 0 saturated carbocycles. The predicted molar refractivity (Wildman–Crippen MR) is 71.5 cm³/mol. The molecule has 0 saturated heterocycles. The van der Waals surface area contributed by atoms with E-state index in [9.17, 15) is 24.1 Å². The van der Waals surface area contributed by atoms with Crippen molar-refractivity contribution in [1.82, 2.24) is 4.90 Å². The molecule has 8 heteroatoms. The fourth-order valence-corrected chi connectivity index (χ4v) is 2.01. The standard InChI is InChI=1S/C13H15FN2O5/c1-3-15(8(2)6-12(17)18)13(19)10-7-9(14)4-5-11(10)16(20)21/h4-5,7-8H,3,6H2,1-2H3,(H,17,18). The summed E-state index contributed by atoms with van der Waals surface area (Å²) in [7, 11) is 0. The Balaban J connectivity index is 3.18. The summed E-state index contributed by atoms with van der Waals surface area (Å²) in [5.41, 5.74) is -0.901. The number of hydrogen-bond donors (Lipinski definition) is 1. The molecule has 0 aliphatic rings. The SMILES string of the molecule is CCN(C(=O)c1cc(F)ccc1[N+](=O)[O-])C(C)CC(=O)O. The molecule has 114 valence electrons. The van der Waals surface area contributed by atoms with Gasteiger partial charge in [-0.1, -0.05) is 0 Å². The van der Waals surface area contributed by atoms with Crippen LogP contribution in [-0.4, -0.2) is 39.4 Å². The van der Waals surface area contributed by atoms with Crippen LogP contribution in [0.15, 0.2) is 18.2 Å². The molecule has 1 atom stereocenters. The smallest absolute Gasteiger partial charge is 0.305 e. The lowest BCUT2D eigenvalue weighted by molar-refractivity contribution is -0.385. The summed E-state index contributed by atoms with van der Waals surface area (Å²) in [6.45, 7) is 3.28. The van der Waals surface area contributed by atoms with Crippen LogP contribution in [-0.2, 0) is 4.79 Å². The minimum atomic E-state index is -1.09. The van der Waals surface area contributed by atoms with E-state index in [0.29, 0.717) is 0 Å². The van der Waals surface area contributed by atoms with Crippen LogP contribution < -0.4 is 0 Å². The maximum Gasteiger partial charge on any atom is 0.305 e. The fourth-order valence-electron chi connectivity index (χ4n) is 2.01. The van der Waals surface area contributed by atoms with E-state index in [0.717, 1.165) is 23.1 Å². The lowest BCUT2D eigenvalue weighted by Gasteiger charge is -2.27. The molecule has 0 aromatic heterocycles. The number of hydrogen-bond acceptors (Lipinski definition) is 4. The molecule has 0 spiro atoms. The van der Waals surface area contributed by atoms with Crippen molar-refractivity contribution in [2.75, 3.05) is 6.54 Å². The summed E-state index contributed by atoms with van der Waals surface area (Å²) < 4.78 is 13.3. The number of nitrogens with zero attached hydrogens (tertiary/aromatic N) is 2. The van der Waals surface area contributed by atoms with Gasteiger partial charge in [0.25, 0.3) is 11.6 Å². The van der Waals surface area contributed by atoms with Crippen molar-refractivity contribution < 1.29 is 24.0 Å². The summed E-state index contributed by atoms with van der Waals surface area (Å²) >= 11 is 0. The first kappa shape index (κ1) is 16.5. The van der Waals surface area contributed by atoms with Gasteiger partial charge in [-0.25, -0.2) is 4.39 Å². The molecule has 1 unspecified atom stereocenters. The molecule has 21 heavy (non-hydrogen) atoms. The largest absolute Gasteiger partial charge is 0.481 e. The second-order valence-electron chi connectivity index (χ2n) is 4.46. The molecule has 7 nitrogen and oxygen atoms in total. The highest BCUT2D eigenvalue weighted by Crippen LogP contribution is 2.22. The van der Waals surface area contributed by atoms with Crippen LogP contribution in [0.25, 0.3) is 0 Å². The van der Waals surface area contributed by atoms with Crippen LogP contribution in [0.5, 0.6) is 0 Å². The van der Waals surface area contributed by atoms with Crippen LogP contribution in [0, 0.1) is 15.9 Å². The van der Waals surface area contributed by atoms with Gasteiger partial charge in [0.05, 0.1) is 11.3 Å². The molecule has 1 rings (SSSR count). The van der Waals surface area contributed by atoms with E-state index in [1.165, 1.54) is 6.92 Å². The van der Waals surface area contributed by atoms with E-state index in [4.69, 9.17) is 5.11 Å². The van der Waals surface area contributed by atoms with Crippen LogP contribution >= 0.6 is 0 Å². The zero-order chi connectivity index (χ0) is 16.2. The Bertz CT molecular complexity index is 576. The van der Waals surface area contributed by atoms with Crippen LogP contribution in [0.3, 0.4) is 0 Å². The number of halogens is 1. The highest BCUT2D eigenvalue weighted by molar-refractivity contribution is 5.98. The lowest BCUT2D eigenvalue weighted by atomic mass is 10.1. The zero-order valence-corrected chi connectivity index (χ0v) is 11.6. The third-order valence-electron chi connectivity index (χ3n) is 2.99. The molecule has 1 aromatic carbocycles. The van der Waals surface area contributed by atoms with E-state index in [1.54, 1.807) is 6.92 Å². The Morgan fingerprint density at radius 3 is 2.57 bits per heavy atom. The first-order chi connectivity index (χ1) is 9.77. The fraction of sp³-hybridized carbons (Fsp3) is 0.385. The highest BCUT2D eigenvalue weighted by Gasteiger charge is 2.28. The van der Waals surface area contributed by atoms with Crippen LogP contribution in [0.4, 0.5) is 10.1 Å². The highest BCUT2D eigenvalue weighted by atomic mass is 19.1. The first-order valence-electron chi connectivity index (χ1n) is 6.24. The topological polar surface area (TPSA) is 101 Å². The van der Waals surface area contributed by atoms with Crippen molar-refractivity contribution in [1.29, 1.82) is 0 Å². The van der Waals surface area contributed by atoms with Crippen molar-refractivity contribution in [3.05, 3.63) is 39.7 Å². The summed E-state index contributed by atoms with van der Waals surface area (Å²) in [6.07, 6.45) is -0.303.